The van der Waals surface area contributed by atoms with E-state index in [0.717, 1.165) is 5.75 Å². The zero-order valence-corrected chi connectivity index (χ0v) is 11.7. The Labute approximate surface area is 114 Å². The maximum atomic E-state index is 5.35. The van der Waals surface area contributed by atoms with Crippen molar-refractivity contribution in [1.82, 2.24) is 10.3 Å². The Bertz CT molecular complexity index is 561. The molecular weight excluding hydrogens is 236 g/mol. The van der Waals surface area contributed by atoms with Crippen molar-refractivity contribution in [3.05, 3.63) is 30.0 Å². The monoisotopic (exact) mass is 258 g/mol. The summed E-state index contributed by atoms with van der Waals surface area (Å²) in [6.07, 6.45) is 7.33. The summed E-state index contributed by atoms with van der Waals surface area (Å²) in [4.78, 5) is 3.39. The van der Waals surface area contributed by atoms with E-state index in [1.165, 1.54) is 42.1 Å². The summed E-state index contributed by atoms with van der Waals surface area (Å²) in [6, 6.07) is 6.94. The first-order chi connectivity index (χ1) is 9.31. The van der Waals surface area contributed by atoms with Gasteiger partial charge in [-0.3, -0.25) is 0 Å². The molecule has 0 aliphatic heterocycles. The average Bonchev–Trinajstić information content (AvgIpc) is 2.90. The molecule has 3 nitrogen and oxygen atoms in total. The van der Waals surface area contributed by atoms with Crippen molar-refractivity contribution in [3.8, 4) is 5.75 Å². The highest BCUT2D eigenvalue weighted by atomic mass is 16.5. The van der Waals surface area contributed by atoms with Crippen molar-refractivity contribution in [3.63, 3.8) is 0 Å². The summed E-state index contributed by atoms with van der Waals surface area (Å²) in [6.45, 7) is 0. The largest absolute Gasteiger partial charge is 0.497 e. The normalized spacial score (nSPS) is 23.7. The molecule has 1 aliphatic rings. The van der Waals surface area contributed by atoms with Gasteiger partial charge in [0.2, 0.25) is 0 Å². The molecule has 1 saturated carbocycles. The first-order valence-electron chi connectivity index (χ1n) is 7.14. The van der Waals surface area contributed by atoms with E-state index in [1.807, 2.05) is 6.07 Å². The molecule has 0 bridgehead atoms. The Morgan fingerprint density at radius 1 is 1.32 bits per heavy atom. The van der Waals surface area contributed by atoms with Crippen molar-refractivity contribution in [2.24, 2.45) is 0 Å². The molecule has 2 atom stereocenters. The number of rotatable bonds is 3. The minimum atomic E-state index is 0.659. The molecule has 1 aromatic carbocycles. The van der Waals surface area contributed by atoms with Crippen molar-refractivity contribution >= 4 is 10.9 Å². The van der Waals surface area contributed by atoms with Crippen LogP contribution in [0.2, 0.25) is 0 Å². The molecule has 3 rings (SSSR count). The second-order valence-corrected chi connectivity index (χ2v) is 5.50. The molecule has 2 aromatic rings. The third-order valence-electron chi connectivity index (χ3n) is 4.44. The summed E-state index contributed by atoms with van der Waals surface area (Å²) in [7, 11) is 3.80. The lowest BCUT2D eigenvalue weighted by molar-refractivity contribution is 0.356. The SMILES string of the molecule is CNC1CCCC(c2c[nH]c3ccc(OC)cc23)C1. The van der Waals surface area contributed by atoms with E-state index >= 15 is 0 Å². The second kappa shape index (κ2) is 5.25. The predicted molar refractivity (Wildman–Crippen MR) is 78.9 cm³/mol. The molecule has 3 heteroatoms. The van der Waals surface area contributed by atoms with Crippen LogP contribution in [-0.2, 0) is 0 Å². The van der Waals surface area contributed by atoms with Crippen molar-refractivity contribution in [1.29, 1.82) is 0 Å². The Morgan fingerprint density at radius 3 is 3.00 bits per heavy atom. The molecule has 1 fully saturated rings. The van der Waals surface area contributed by atoms with Crippen molar-refractivity contribution in [2.75, 3.05) is 14.2 Å². The van der Waals surface area contributed by atoms with Crippen LogP contribution in [0.3, 0.4) is 0 Å². The Morgan fingerprint density at radius 2 is 2.21 bits per heavy atom. The molecule has 0 saturated heterocycles. The lowest BCUT2D eigenvalue weighted by Gasteiger charge is -2.28. The van der Waals surface area contributed by atoms with Crippen LogP contribution in [0, 0.1) is 0 Å². The molecule has 19 heavy (non-hydrogen) atoms. The molecule has 1 aromatic heterocycles. The van der Waals surface area contributed by atoms with Crippen molar-refractivity contribution in [2.45, 2.75) is 37.6 Å². The number of nitrogens with one attached hydrogen (secondary N) is 2. The number of aromatic nitrogens is 1. The highest BCUT2D eigenvalue weighted by Gasteiger charge is 2.24. The van der Waals surface area contributed by atoms with Gasteiger partial charge in [-0.2, -0.15) is 0 Å². The number of methoxy groups -OCH3 is 1. The predicted octanol–water partition coefficient (Wildman–Crippen LogP) is 3.42. The molecule has 1 heterocycles. The van der Waals surface area contributed by atoms with Crippen LogP contribution < -0.4 is 10.1 Å². The average molecular weight is 258 g/mol. The molecule has 2 N–H and O–H groups in total. The van der Waals surface area contributed by atoms with Gasteiger partial charge in [0.15, 0.2) is 0 Å². The van der Waals surface area contributed by atoms with Gasteiger partial charge in [0.1, 0.15) is 5.75 Å². The second-order valence-electron chi connectivity index (χ2n) is 5.50. The maximum absolute atomic E-state index is 5.35. The number of hydrogen-bond acceptors (Lipinski definition) is 2. The topological polar surface area (TPSA) is 37.0 Å². The van der Waals surface area contributed by atoms with Gasteiger partial charge in [-0.25, -0.2) is 0 Å². The van der Waals surface area contributed by atoms with E-state index in [2.05, 4.69) is 35.7 Å². The highest BCUT2D eigenvalue weighted by Crippen LogP contribution is 2.37. The van der Waals surface area contributed by atoms with Gasteiger partial charge in [0.05, 0.1) is 7.11 Å². The van der Waals surface area contributed by atoms with Gasteiger partial charge in [-0.1, -0.05) is 6.42 Å². The molecule has 1 aliphatic carbocycles. The quantitative estimate of drug-likeness (QED) is 0.885. The minimum Gasteiger partial charge on any atom is -0.497 e. The summed E-state index contributed by atoms with van der Waals surface area (Å²) < 4.78 is 5.35. The standard InChI is InChI=1S/C16H22N2O/c1-17-12-5-3-4-11(8-12)15-10-18-16-7-6-13(19-2)9-14(15)16/h6-7,9-12,17-18H,3-5,8H2,1-2H3. The summed E-state index contributed by atoms with van der Waals surface area (Å²) in [5, 5.41) is 4.75. The van der Waals surface area contributed by atoms with E-state index in [-0.39, 0.29) is 0 Å². The number of ether oxygens (including phenoxy) is 1. The zero-order valence-electron chi connectivity index (χ0n) is 11.7. The third-order valence-corrected chi connectivity index (χ3v) is 4.44. The summed E-state index contributed by atoms with van der Waals surface area (Å²) >= 11 is 0. The smallest absolute Gasteiger partial charge is 0.119 e. The summed E-state index contributed by atoms with van der Waals surface area (Å²) in [5.41, 5.74) is 2.66. The van der Waals surface area contributed by atoms with Crippen LogP contribution in [0.5, 0.6) is 5.75 Å². The zero-order chi connectivity index (χ0) is 13.2. The van der Waals surface area contributed by atoms with E-state index in [1.54, 1.807) is 7.11 Å². The van der Waals surface area contributed by atoms with Crippen LogP contribution in [0.4, 0.5) is 0 Å². The molecule has 0 spiro atoms. The first-order valence-corrected chi connectivity index (χ1v) is 7.14. The lowest BCUT2D eigenvalue weighted by atomic mass is 9.81. The van der Waals surface area contributed by atoms with Crippen LogP contribution in [-0.4, -0.2) is 25.2 Å². The fraction of sp³-hybridized carbons (Fsp3) is 0.500. The van der Waals surface area contributed by atoms with Crippen LogP contribution in [0.25, 0.3) is 10.9 Å². The van der Waals surface area contributed by atoms with Gasteiger partial charge >= 0.3 is 0 Å². The minimum absolute atomic E-state index is 0.659. The number of hydrogen-bond donors (Lipinski definition) is 2. The van der Waals surface area contributed by atoms with Gasteiger partial charge < -0.3 is 15.0 Å². The summed E-state index contributed by atoms with van der Waals surface area (Å²) in [5.74, 6) is 1.60. The molecule has 0 amide bonds. The van der Waals surface area contributed by atoms with Crippen LogP contribution in [0.15, 0.2) is 24.4 Å². The Balaban J connectivity index is 1.95. The van der Waals surface area contributed by atoms with E-state index in [4.69, 9.17) is 4.74 Å². The maximum Gasteiger partial charge on any atom is 0.119 e. The molecular formula is C16H22N2O. The van der Waals surface area contributed by atoms with Crippen LogP contribution >= 0.6 is 0 Å². The Hall–Kier alpha value is -1.48. The lowest BCUT2D eigenvalue weighted by Crippen LogP contribution is -2.30. The van der Waals surface area contributed by atoms with Gasteiger partial charge in [-0.05, 0) is 56.0 Å². The molecule has 0 radical (unpaired) electrons. The third kappa shape index (κ3) is 2.35. The van der Waals surface area contributed by atoms with Gasteiger partial charge in [0, 0.05) is 23.1 Å². The number of aromatic amines is 1. The fourth-order valence-electron chi connectivity index (χ4n) is 3.32. The highest BCUT2D eigenvalue weighted by molar-refractivity contribution is 5.85. The number of benzene rings is 1. The van der Waals surface area contributed by atoms with E-state index in [9.17, 15) is 0 Å². The number of fused-ring (bicyclic) bond motifs is 1. The van der Waals surface area contributed by atoms with Crippen LogP contribution in [0.1, 0.15) is 37.2 Å². The fourth-order valence-corrected chi connectivity index (χ4v) is 3.32. The van der Waals surface area contributed by atoms with Gasteiger partial charge in [0.25, 0.3) is 0 Å². The first kappa shape index (κ1) is 12.5. The van der Waals surface area contributed by atoms with Gasteiger partial charge in [-0.15, -0.1) is 0 Å². The Kier molecular flexibility index (Phi) is 3.47. The van der Waals surface area contributed by atoms with Crippen molar-refractivity contribution < 1.29 is 4.74 Å². The molecule has 102 valence electrons. The number of H-pyrrole nitrogens is 1. The van der Waals surface area contributed by atoms with E-state index < -0.39 is 0 Å². The molecule has 2 unspecified atom stereocenters. The van der Waals surface area contributed by atoms with E-state index in [0.29, 0.717) is 12.0 Å².